The van der Waals surface area contributed by atoms with Gasteiger partial charge in [-0.05, 0) is 6.92 Å². The Morgan fingerprint density at radius 3 is 2.73 bits per heavy atom. The van der Waals surface area contributed by atoms with E-state index in [0.29, 0.717) is 13.2 Å². The van der Waals surface area contributed by atoms with E-state index in [2.05, 4.69) is 0 Å². The van der Waals surface area contributed by atoms with Gasteiger partial charge in [0.1, 0.15) is 6.61 Å². The zero-order chi connectivity index (χ0) is 8.53. The van der Waals surface area contributed by atoms with Crippen molar-refractivity contribution in [3.8, 4) is 0 Å². The molecular weight excluding hydrogens is 148 g/mol. The lowest BCUT2D eigenvalue weighted by Crippen LogP contribution is -2.14. The van der Waals surface area contributed by atoms with E-state index in [4.69, 9.17) is 14.2 Å². The molecule has 0 saturated carbocycles. The second-order valence-corrected chi connectivity index (χ2v) is 1.87. The lowest BCUT2D eigenvalue weighted by molar-refractivity contribution is -0.120. The third-order valence-corrected chi connectivity index (χ3v) is 1.07. The molecule has 0 aromatic rings. The molecular formula is C7H13O4. The number of methoxy groups -OCH3 is 1. The van der Waals surface area contributed by atoms with Gasteiger partial charge in [0.05, 0.1) is 13.2 Å². The van der Waals surface area contributed by atoms with Crippen molar-refractivity contribution in [3.63, 3.8) is 0 Å². The fraction of sp³-hybridized carbons (Fsp3) is 0.857. The second-order valence-electron chi connectivity index (χ2n) is 1.87. The first-order valence-electron chi connectivity index (χ1n) is 3.38. The lowest BCUT2D eigenvalue weighted by Gasteiger charge is -2.09. The molecule has 0 bridgehead atoms. The lowest BCUT2D eigenvalue weighted by atomic mass is 10.7. The molecule has 0 rings (SSSR count). The second kappa shape index (κ2) is 7.65. The van der Waals surface area contributed by atoms with Crippen LogP contribution in [0.25, 0.3) is 0 Å². The minimum atomic E-state index is -0.223. The van der Waals surface area contributed by atoms with Crippen LogP contribution in [0.4, 0.5) is 0 Å². The Balaban J connectivity index is 2.95. The molecule has 0 aliphatic heterocycles. The molecule has 1 radical (unpaired) electrons. The Bertz CT molecular complexity index is 94.4. The average molecular weight is 161 g/mol. The third-order valence-electron chi connectivity index (χ3n) is 1.07. The van der Waals surface area contributed by atoms with Gasteiger partial charge in [-0.25, -0.2) is 0 Å². The Hall–Kier alpha value is -0.450. The van der Waals surface area contributed by atoms with Gasteiger partial charge < -0.3 is 14.2 Å². The normalized spacial score (nSPS) is 12.9. The maximum atomic E-state index is 9.64. The first kappa shape index (κ1) is 10.6. The predicted octanol–water partition coefficient (Wildman–Crippen LogP) is 0.122. The topological polar surface area (TPSA) is 44.8 Å². The summed E-state index contributed by atoms with van der Waals surface area (Å²) in [5, 5.41) is 0. The summed E-state index contributed by atoms with van der Waals surface area (Å²) in [5.74, 6) is 0. The summed E-state index contributed by atoms with van der Waals surface area (Å²) >= 11 is 0. The number of hydrogen-bond acceptors (Lipinski definition) is 4. The highest BCUT2D eigenvalue weighted by Gasteiger charge is 1.96. The molecule has 65 valence electrons. The Labute approximate surface area is 66.4 Å². The van der Waals surface area contributed by atoms with Gasteiger partial charge in [-0.2, -0.15) is 0 Å². The number of hydrogen-bond donors (Lipinski definition) is 0. The van der Waals surface area contributed by atoms with Crippen molar-refractivity contribution >= 4 is 6.29 Å². The average Bonchev–Trinajstić information content (AvgIpc) is 2.04. The summed E-state index contributed by atoms with van der Waals surface area (Å²) in [6, 6.07) is 0. The van der Waals surface area contributed by atoms with Gasteiger partial charge >= 0.3 is 0 Å². The minimum absolute atomic E-state index is 0.00469. The molecule has 11 heavy (non-hydrogen) atoms. The van der Waals surface area contributed by atoms with Gasteiger partial charge in [0.25, 0.3) is 0 Å². The highest BCUT2D eigenvalue weighted by molar-refractivity contribution is 5.51. The van der Waals surface area contributed by atoms with Crippen molar-refractivity contribution in [1.82, 2.24) is 0 Å². The largest absolute Gasteiger partial charge is 0.371 e. The molecule has 0 fully saturated rings. The van der Waals surface area contributed by atoms with Crippen molar-refractivity contribution in [1.29, 1.82) is 0 Å². The quantitative estimate of drug-likeness (QED) is 0.393. The van der Waals surface area contributed by atoms with Crippen LogP contribution >= 0.6 is 0 Å². The zero-order valence-corrected chi connectivity index (χ0v) is 6.83. The fourth-order valence-electron chi connectivity index (χ4n) is 0.455. The van der Waals surface area contributed by atoms with E-state index in [1.165, 1.54) is 0 Å². The minimum Gasteiger partial charge on any atom is -0.371 e. The van der Waals surface area contributed by atoms with Crippen LogP contribution in [-0.4, -0.2) is 39.5 Å². The zero-order valence-electron chi connectivity index (χ0n) is 6.83. The number of ether oxygens (including phenoxy) is 3. The molecule has 4 heteroatoms. The number of rotatable bonds is 7. The molecule has 0 aromatic carbocycles. The van der Waals surface area contributed by atoms with E-state index in [9.17, 15) is 4.79 Å². The molecule has 0 aliphatic rings. The summed E-state index contributed by atoms with van der Waals surface area (Å²) in [4.78, 5) is 9.64. The molecule has 1 unspecified atom stereocenters. The van der Waals surface area contributed by atoms with Crippen LogP contribution in [0.5, 0.6) is 0 Å². The van der Waals surface area contributed by atoms with Crippen LogP contribution in [0.1, 0.15) is 6.92 Å². The van der Waals surface area contributed by atoms with E-state index < -0.39 is 0 Å². The van der Waals surface area contributed by atoms with Crippen molar-refractivity contribution in [2.24, 2.45) is 0 Å². The molecule has 0 amide bonds. The molecule has 0 aliphatic carbocycles. The Morgan fingerprint density at radius 2 is 2.18 bits per heavy atom. The molecule has 0 N–H and O–H groups in total. The van der Waals surface area contributed by atoms with Crippen LogP contribution in [0.3, 0.4) is 0 Å². The van der Waals surface area contributed by atoms with Crippen molar-refractivity contribution in [2.75, 3.05) is 26.9 Å². The first-order valence-corrected chi connectivity index (χ1v) is 3.38. The van der Waals surface area contributed by atoms with E-state index >= 15 is 0 Å². The standard InChI is InChI=1S/C7H13O4/c1-7(9-2)11-6-5-10-4-3-8/h7H,4-6H2,1-2H3. The molecule has 0 aromatic heterocycles. The van der Waals surface area contributed by atoms with Crippen LogP contribution < -0.4 is 0 Å². The Kier molecular flexibility index (Phi) is 7.34. The summed E-state index contributed by atoms with van der Waals surface area (Å²) < 4.78 is 14.6. The van der Waals surface area contributed by atoms with Gasteiger partial charge in [-0.3, -0.25) is 4.79 Å². The smallest absolute Gasteiger partial charge is 0.226 e. The van der Waals surface area contributed by atoms with Crippen LogP contribution in [0.2, 0.25) is 0 Å². The Morgan fingerprint density at radius 1 is 1.45 bits per heavy atom. The monoisotopic (exact) mass is 161 g/mol. The molecule has 0 saturated heterocycles. The molecule has 0 spiro atoms. The van der Waals surface area contributed by atoms with Crippen molar-refractivity contribution in [2.45, 2.75) is 13.2 Å². The van der Waals surface area contributed by atoms with Gasteiger partial charge in [-0.1, -0.05) is 0 Å². The summed E-state index contributed by atoms with van der Waals surface area (Å²) in [7, 11) is 1.56. The van der Waals surface area contributed by atoms with Crippen molar-refractivity contribution < 1.29 is 19.0 Å². The summed E-state index contributed by atoms with van der Waals surface area (Å²) in [6.45, 7) is 2.61. The highest BCUT2D eigenvalue weighted by Crippen LogP contribution is 1.89. The van der Waals surface area contributed by atoms with E-state index in [0.717, 1.165) is 0 Å². The van der Waals surface area contributed by atoms with Gasteiger partial charge in [-0.15, -0.1) is 0 Å². The molecule has 4 nitrogen and oxygen atoms in total. The van der Waals surface area contributed by atoms with Gasteiger partial charge in [0, 0.05) is 7.11 Å². The molecule has 0 heterocycles. The van der Waals surface area contributed by atoms with Crippen LogP contribution in [0.15, 0.2) is 0 Å². The van der Waals surface area contributed by atoms with Crippen molar-refractivity contribution in [3.05, 3.63) is 0 Å². The number of carbonyl (C=O) groups excluding carboxylic acids is 1. The summed E-state index contributed by atoms with van der Waals surface area (Å²) in [6.07, 6.45) is 1.39. The fourth-order valence-corrected chi connectivity index (χ4v) is 0.455. The van der Waals surface area contributed by atoms with E-state index in [1.807, 2.05) is 0 Å². The van der Waals surface area contributed by atoms with Gasteiger partial charge in [0.2, 0.25) is 6.29 Å². The SMILES string of the molecule is COC(C)OCCOC[C]=O. The first-order chi connectivity index (χ1) is 5.31. The maximum Gasteiger partial charge on any atom is 0.226 e. The highest BCUT2D eigenvalue weighted by atomic mass is 16.7. The third kappa shape index (κ3) is 7.45. The molecule has 1 atom stereocenters. The maximum absolute atomic E-state index is 9.64. The van der Waals surface area contributed by atoms with Crippen LogP contribution in [-0.2, 0) is 19.0 Å². The summed E-state index contributed by atoms with van der Waals surface area (Å²) in [5.41, 5.74) is 0. The van der Waals surface area contributed by atoms with Gasteiger partial charge in [0.15, 0.2) is 6.29 Å². The van der Waals surface area contributed by atoms with Crippen LogP contribution in [0, 0.1) is 0 Å². The van der Waals surface area contributed by atoms with E-state index in [-0.39, 0.29) is 12.9 Å². The van der Waals surface area contributed by atoms with E-state index in [1.54, 1.807) is 20.3 Å². The predicted molar refractivity (Wildman–Crippen MR) is 38.9 cm³/mol.